The van der Waals surface area contributed by atoms with Crippen LogP contribution in [0.1, 0.15) is 23.2 Å². The van der Waals surface area contributed by atoms with Crippen molar-refractivity contribution >= 4 is 34.8 Å². The maximum Gasteiger partial charge on any atom is 0.253 e. The number of likely N-dealkylation sites (tertiary alicyclic amines) is 1. The van der Waals surface area contributed by atoms with E-state index in [1.165, 1.54) is 0 Å². The molecule has 0 bridgehead atoms. The number of nitrogen functional groups attached to an aromatic ring is 1. The van der Waals surface area contributed by atoms with Gasteiger partial charge in [0, 0.05) is 18.7 Å². The van der Waals surface area contributed by atoms with E-state index in [0.29, 0.717) is 25.3 Å². The number of carbonyl (C=O) groups excluding carboxylic acids is 1. The molecule has 0 radical (unpaired) electrons. The third kappa shape index (κ3) is 4.01. The van der Waals surface area contributed by atoms with Gasteiger partial charge in [-0.1, -0.05) is 23.2 Å². The van der Waals surface area contributed by atoms with Crippen LogP contribution in [0.2, 0.25) is 10.0 Å². The van der Waals surface area contributed by atoms with E-state index in [1.54, 1.807) is 17.0 Å². The maximum atomic E-state index is 12.4. The zero-order valence-electron chi connectivity index (χ0n) is 11.5. The topological polar surface area (TPSA) is 75.8 Å². The molecule has 1 amide bonds. The van der Waals surface area contributed by atoms with Gasteiger partial charge in [0.15, 0.2) is 0 Å². The van der Waals surface area contributed by atoms with E-state index in [2.05, 4.69) is 0 Å². The molecule has 0 aliphatic carbocycles. The van der Waals surface area contributed by atoms with Crippen molar-refractivity contribution in [1.29, 1.82) is 0 Å². The molecule has 0 atom stereocenters. The summed E-state index contributed by atoms with van der Waals surface area (Å²) in [6.45, 7) is 1.56. The van der Waals surface area contributed by atoms with Crippen LogP contribution in [0.3, 0.4) is 0 Å². The lowest BCUT2D eigenvalue weighted by molar-refractivity contribution is -0.00554. The number of aliphatic hydroxyl groups is 1. The number of piperidine rings is 1. The van der Waals surface area contributed by atoms with Gasteiger partial charge in [-0.25, -0.2) is 0 Å². The highest BCUT2D eigenvalue weighted by molar-refractivity contribution is 6.39. The first-order valence-electron chi connectivity index (χ1n) is 6.79. The van der Waals surface area contributed by atoms with Crippen LogP contribution < -0.4 is 5.73 Å². The van der Waals surface area contributed by atoms with Crippen molar-refractivity contribution in [3.05, 3.63) is 27.7 Å². The molecule has 1 saturated heterocycles. The molecule has 3 N–H and O–H groups in total. The van der Waals surface area contributed by atoms with Gasteiger partial charge in [-0.3, -0.25) is 4.79 Å². The third-order valence-corrected chi connectivity index (χ3v) is 4.13. The van der Waals surface area contributed by atoms with Crippen molar-refractivity contribution in [1.82, 2.24) is 4.90 Å². The van der Waals surface area contributed by atoms with E-state index in [4.69, 9.17) is 38.8 Å². The van der Waals surface area contributed by atoms with Crippen molar-refractivity contribution < 1.29 is 14.6 Å². The van der Waals surface area contributed by atoms with Gasteiger partial charge in [0.2, 0.25) is 0 Å². The molecule has 0 aromatic heterocycles. The van der Waals surface area contributed by atoms with Gasteiger partial charge in [0.25, 0.3) is 5.91 Å². The Morgan fingerprint density at radius 1 is 1.33 bits per heavy atom. The number of rotatable bonds is 4. The monoisotopic (exact) mass is 332 g/mol. The summed E-state index contributed by atoms with van der Waals surface area (Å²) in [4.78, 5) is 14.2. The number of anilines is 1. The summed E-state index contributed by atoms with van der Waals surface area (Å²) in [5.41, 5.74) is 6.39. The van der Waals surface area contributed by atoms with Crippen molar-refractivity contribution in [2.24, 2.45) is 0 Å². The zero-order valence-corrected chi connectivity index (χ0v) is 13.0. The number of benzene rings is 1. The fraction of sp³-hybridized carbons (Fsp3) is 0.500. The smallest absolute Gasteiger partial charge is 0.253 e. The SMILES string of the molecule is Nc1c(Cl)cc(C(=O)N2CCC(OCCO)CC2)cc1Cl. The normalized spacial score (nSPS) is 16.2. The average Bonchev–Trinajstić information content (AvgIpc) is 2.50. The summed E-state index contributed by atoms with van der Waals surface area (Å²) in [6.07, 6.45) is 1.60. The number of carbonyl (C=O) groups is 1. The largest absolute Gasteiger partial charge is 0.396 e. The second-order valence-electron chi connectivity index (χ2n) is 4.94. The lowest BCUT2D eigenvalue weighted by atomic mass is 10.1. The Balaban J connectivity index is 1.99. The van der Waals surface area contributed by atoms with Crippen LogP contribution in [-0.2, 0) is 4.74 Å². The van der Waals surface area contributed by atoms with Crippen molar-refractivity contribution in [2.45, 2.75) is 18.9 Å². The summed E-state index contributed by atoms with van der Waals surface area (Å²) < 4.78 is 5.47. The number of hydrogen-bond donors (Lipinski definition) is 2. The fourth-order valence-electron chi connectivity index (χ4n) is 2.34. The number of nitrogens with two attached hydrogens (primary N) is 1. The molecule has 2 rings (SSSR count). The average molecular weight is 333 g/mol. The van der Waals surface area contributed by atoms with Crippen molar-refractivity contribution in [3.8, 4) is 0 Å². The van der Waals surface area contributed by atoms with Gasteiger partial charge < -0.3 is 20.5 Å². The molecule has 0 saturated carbocycles. The van der Waals surface area contributed by atoms with Gasteiger partial charge in [0.05, 0.1) is 35.1 Å². The fourth-order valence-corrected chi connectivity index (χ4v) is 2.82. The Morgan fingerprint density at radius 3 is 2.43 bits per heavy atom. The van der Waals surface area contributed by atoms with E-state index in [0.717, 1.165) is 12.8 Å². The van der Waals surface area contributed by atoms with Gasteiger partial charge >= 0.3 is 0 Å². The predicted octanol–water partition coefficient (Wildman–Crippen LogP) is 2.19. The number of halogens is 2. The first kappa shape index (κ1) is 16.4. The molecule has 116 valence electrons. The first-order chi connectivity index (χ1) is 10.0. The molecule has 1 aromatic carbocycles. The van der Waals surface area contributed by atoms with E-state index in [-0.39, 0.29) is 34.4 Å². The summed E-state index contributed by atoms with van der Waals surface area (Å²) in [6, 6.07) is 3.08. The summed E-state index contributed by atoms with van der Waals surface area (Å²) >= 11 is 11.9. The predicted molar refractivity (Wildman–Crippen MR) is 82.8 cm³/mol. The molecule has 0 unspecified atom stereocenters. The molecule has 7 heteroatoms. The van der Waals surface area contributed by atoms with Crippen LogP contribution in [-0.4, -0.2) is 48.3 Å². The highest BCUT2D eigenvalue weighted by atomic mass is 35.5. The molecule has 1 aliphatic rings. The quantitative estimate of drug-likeness (QED) is 0.828. The number of aliphatic hydroxyl groups excluding tert-OH is 1. The van der Waals surface area contributed by atoms with E-state index < -0.39 is 0 Å². The maximum absolute atomic E-state index is 12.4. The first-order valence-corrected chi connectivity index (χ1v) is 7.54. The molecular formula is C14H18Cl2N2O3. The number of amides is 1. The van der Waals surface area contributed by atoms with Gasteiger partial charge in [0.1, 0.15) is 0 Å². The van der Waals surface area contributed by atoms with Crippen LogP contribution in [0.4, 0.5) is 5.69 Å². The summed E-state index contributed by atoms with van der Waals surface area (Å²) in [5.74, 6) is -0.112. The van der Waals surface area contributed by atoms with Crippen LogP contribution in [0.15, 0.2) is 12.1 Å². The molecule has 21 heavy (non-hydrogen) atoms. The lowest BCUT2D eigenvalue weighted by Gasteiger charge is -2.32. The van der Waals surface area contributed by atoms with Crippen molar-refractivity contribution in [3.63, 3.8) is 0 Å². The summed E-state index contributed by atoms with van der Waals surface area (Å²) in [7, 11) is 0. The second-order valence-corrected chi connectivity index (χ2v) is 5.75. The van der Waals surface area contributed by atoms with Crippen LogP contribution in [0.5, 0.6) is 0 Å². The number of ether oxygens (including phenoxy) is 1. The number of hydrogen-bond acceptors (Lipinski definition) is 4. The van der Waals surface area contributed by atoms with E-state index in [9.17, 15) is 4.79 Å². The highest BCUT2D eigenvalue weighted by Crippen LogP contribution is 2.29. The minimum Gasteiger partial charge on any atom is -0.396 e. The third-order valence-electron chi connectivity index (χ3n) is 3.50. The molecular weight excluding hydrogens is 315 g/mol. The molecule has 1 fully saturated rings. The molecule has 1 aromatic rings. The lowest BCUT2D eigenvalue weighted by Crippen LogP contribution is -2.41. The Morgan fingerprint density at radius 2 is 1.90 bits per heavy atom. The van der Waals surface area contributed by atoms with Gasteiger partial charge in [-0.2, -0.15) is 0 Å². The molecule has 5 nitrogen and oxygen atoms in total. The standard InChI is InChI=1S/C14H18Cl2N2O3/c15-11-7-9(8-12(16)13(11)17)14(20)18-3-1-10(2-4-18)21-6-5-19/h7-8,10,19H,1-6,17H2. The zero-order chi connectivity index (χ0) is 15.4. The van der Waals surface area contributed by atoms with Crippen LogP contribution in [0, 0.1) is 0 Å². The summed E-state index contributed by atoms with van der Waals surface area (Å²) in [5, 5.41) is 9.30. The van der Waals surface area contributed by atoms with Crippen LogP contribution in [0.25, 0.3) is 0 Å². The second kappa shape index (κ2) is 7.31. The van der Waals surface area contributed by atoms with Crippen LogP contribution >= 0.6 is 23.2 Å². The Bertz CT molecular complexity index is 494. The molecule has 0 spiro atoms. The highest BCUT2D eigenvalue weighted by Gasteiger charge is 2.24. The Hall–Kier alpha value is -1.01. The van der Waals surface area contributed by atoms with Gasteiger partial charge in [-0.05, 0) is 25.0 Å². The van der Waals surface area contributed by atoms with Gasteiger partial charge in [-0.15, -0.1) is 0 Å². The van der Waals surface area contributed by atoms with E-state index in [1.807, 2.05) is 0 Å². The molecule has 1 aliphatic heterocycles. The Kier molecular flexibility index (Phi) is 5.70. The Labute approximate surface area is 133 Å². The van der Waals surface area contributed by atoms with E-state index >= 15 is 0 Å². The number of nitrogens with zero attached hydrogens (tertiary/aromatic N) is 1. The minimum atomic E-state index is -0.112. The molecule has 1 heterocycles. The van der Waals surface area contributed by atoms with Crippen molar-refractivity contribution in [2.75, 3.05) is 32.0 Å². The minimum absolute atomic E-state index is 0.0155.